The highest BCUT2D eigenvalue weighted by molar-refractivity contribution is 7.89. The number of sulfonamides is 1. The lowest BCUT2D eigenvalue weighted by Gasteiger charge is -2.29. The highest BCUT2D eigenvalue weighted by Gasteiger charge is 2.28. The maximum absolute atomic E-state index is 13.0. The molecule has 0 radical (unpaired) electrons. The Morgan fingerprint density at radius 2 is 1.71 bits per heavy atom. The van der Waals surface area contributed by atoms with E-state index in [1.165, 1.54) is 23.5 Å². The minimum atomic E-state index is -3.73. The maximum Gasteiger partial charge on any atom is 0.243 e. The first-order valence-electron chi connectivity index (χ1n) is 9.20. The Kier molecular flexibility index (Phi) is 6.31. The number of nitrogens with zero attached hydrogens (tertiary/aromatic N) is 1. The van der Waals surface area contributed by atoms with Crippen molar-refractivity contribution in [2.24, 2.45) is 0 Å². The van der Waals surface area contributed by atoms with Crippen LogP contribution in [0.2, 0.25) is 0 Å². The van der Waals surface area contributed by atoms with Crippen molar-refractivity contribution >= 4 is 10.0 Å². The molecule has 3 rings (SSSR count). The van der Waals surface area contributed by atoms with Gasteiger partial charge in [0, 0.05) is 13.1 Å². The predicted octanol–water partition coefficient (Wildman–Crippen LogP) is 2.94. The SMILES string of the molecule is CCOc1ccc(S(=O)(=O)N(C)C[C@H]2COc3ccccc3O2)cc1OCC. The molecule has 7 nitrogen and oxygen atoms in total. The zero-order valence-corrected chi connectivity index (χ0v) is 17.1. The fourth-order valence-corrected chi connectivity index (χ4v) is 4.13. The molecule has 152 valence electrons. The van der Waals surface area contributed by atoms with Crippen molar-refractivity contribution in [3.8, 4) is 23.0 Å². The summed E-state index contributed by atoms with van der Waals surface area (Å²) in [5.41, 5.74) is 0. The predicted molar refractivity (Wildman–Crippen MR) is 105 cm³/mol. The second-order valence-corrected chi connectivity index (χ2v) is 8.30. The van der Waals surface area contributed by atoms with Crippen LogP contribution in [0.4, 0.5) is 0 Å². The molecule has 0 N–H and O–H groups in total. The summed E-state index contributed by atoms with van der Waals surface area (Å²) in [4.78, 5) is 0.138. The minimum Gasteiger partial charge on any atom is -0.490 e. The van der Waals surface area contributed by atoms with Gasteiger partial charge in [0.2, 0.25) is 10.0 Å². The van der Waals surface area contributed by atoms with Crippen LogP contribution < -0.4 is 18.9 Å². The monoisotopic (exact) mass is 407 g/mol. The summed E-state index contributed by atoms with van der Waals surface area (Å²) >= 11 is 0. The Bertz CT molecular complexity index is 915. The lowest BCUT2D eigenvalue weighted by atomic mass is 10.2. The summed E-state index contributed by atoms with van der Waals surface area (Å²) in [6.45, 7) is 5.01. The molecule has 0 bridgehead atoms. The molecule has 0 amide bonds. The van der Waals surface area contributed by atoms with Crippen LogP contribution in [0.25, 0.3) is 0 Å². The van der Waals surface area contributed by atoms with E-state index in [4.69, 9.17) is 18.9 Å². The van der Waals surface area contributed by atoms with Crippen molar-refractivity contribution in [2.75, 3.05) is 33.4 Å². The number of hydrogen-bond donors (Lipinski definition) is 0. The molecule has 1 aliphatic heterocycles. The van der Waals surface area contributed by atoms with E-state index in [0.29, 0.717) is 36.2 Å². The van der Waals surface area contributed by atoms with Gasteiger partial charge in [0.1, 0.15) is 12.7 Å². The first-order valence-corrected chi connectivity index (χ1v) is 10.6. The van der Waals surface area contributed by atoms with Crippen LogP contribution >= 0.6 is 0 Å². The molecular weight excluding hydrogens is 382 g/mol. The van der Waals surface area contributed by atoms with Crippen LogP contribution in [0, 0.1) is 0 Å². The second-order valence-electron chi connectivity index (χ2n) is 6.26. The summed E-state index contributed by atoms with van der Waals surface area (Å²) in [5.74, 6) is 2.21. The quantitative estimate of drug-likeness (QED) is 0.670. The van der Waals surface area contributed by atoms with Crippen LogP contribution in [-0.4, -0.2) is 52.2 Å². The molecule has 1 aliphatic rings. The van der Waals surface area contributed by atoms with E-state index in [-0.39, 0.29) is 18.0 Å². The summed E-state index contributed by atoms with van der Waals surface area (Å²) in [6.07, 6.45) is -0.399. The van der Waals surface area contributed by atoms with Gasteiger partial charge in [-0.2, -0.15) is 4.31 Å². The van der Waals surface area contributed by atoms with Crippen molar-refractivity contribution in [1.29, 1.82) is 0 Å². The van der Waals surface area contributed by atoms with E-state index in [9.17, 15) is 8.42 Å². The summed E-state index contributed by atoms with van der Waals surface area (Å²) in [5, 5.41) is 0. The zero-order valence-electron chi connectivity index (χ0n) is 16.3. The van der Waals surface area contributed by atoms with Gasteiger partial charge in [-0.3, -0.25) is 0 Å². The standard InChI is InChI=1S/C20H25NO6S/c1-4-24-18-11-10-16(12-20(18)25-5-2)28(22,23)21(3)13-15-14-26-17-8-6-7-9-19(17)27-15/h6-12,15H,4-5,13-14H2,1-3H3/t15-/m0/s1. The number of fused-ring (bicyclic) bond motifs is 1. The van der Waals surface area contributed by atoms with Crippen LogP contribution in [0.1, 0.15) is 13.8 Å². The van der Waals surface area contributed by atoms with Gasteiger partial charge in [0.25, 0.3) is 0 Å². The van der Waals surface area contributed by atoms with Gasteiger partial charge in [-0.05, 0) is 38.1 Å². The zero-order chi connectivity index (χ0) is 20.1. The number of benzene rings is 2. The van der Waals surface area contributed by atoms with Gasteiger partial charge in [-0.15, -0.1) is 0 Å². The third-order valence-electron chi connectivity index (χ3n) is 4.25. The van der Waals surface area contributed by atoms with Crippen LogP contribution in [0.3, 0.4) is 0 Å². The fourth-order valence-electron chi connectivity index (χ4n) is 2.91. The largest absolute Gasteiger partial charge is 0.490 e. The van der Waals surface area contributed by atoms with E-state index < -0.39 is 16.1 Å². The third-order valence-corrected chi connectivity index (χ3v) is 6.07. The number of hydrogen-bond acceptors (Lipinski definition) is 6. The highest BCUT2D eigenvalue weighted by Crippen LogP contribution is 2.33. The number of rotatable bonds is 8. The maximum atomic E-state index is 13.0. The molecule has 0 unspecified atom stereocenters. The topological polar surface area (TPSA) is 74.3 Å². The van der Waals surface area contributed by atoms with Gasteiger partial charge in [-0.1, -0.05) is 12.1 Å². The molecule has 0 saturated heterocycles. The molecule has 0 aliphatic carbocycles. The first kappa shape index (κ1) is 20.3. The minimum absolute atomic E-state index is 0.138. The second kappa shape index (κ2) is 8.70. The van der Waals surface area contributed by atoms with Gasteiger partial charge in [-0.25, -0.2) is 8.42 Å². The van der Waals surface area contributed by atoms with Crippen LogP contribution in [0.5, 0.6) is 23.0 Å². The van der Waals surface area contributed by atoms with Crippen LogP contribution in [0.15, 0.2) is 47.4 Å². The molecule has 2 aromatic carbocycles. The summed E-state index contributed by atoms with van der Waals surface area (Å²) in [7, 11) is -2.20. The molecule has 2 aromatic rings. The van der Waals surface area contributed by atoms with Crippen molar-refractivity contribution in [1.82, 2.24) is 4.31 Å². The molecule has 28 heavy (non-hydrogen) atoms. The van der Waals surface area contributed by atoms with E-state index in [0.717, 1.165) is 0 Å². The van der Waals surface area contributed by atoms with Gasteiger partial charge in [0.05, 0.1) is 24.7 Å². The smallest absolute Gasteiger partial charge is 0.243 e. The molecule has 1 heterocycles. The van der Waals surface area contributed by atoms with Crippen LogP contribution in [-0.2, 0) is 10.0 Å². The van der Waals surface area contributed by atoms with E-state index in [1.807, 2.05) is 32.0 Å². The molecule has 0 spiro atoms. The van der Waals surface area contributed by atoms with Crippen molar-refractivity contribution in [3.63, 3.8) is 0 Å². The van der Waals surface area contributed by atoms with Gasteiger partial charge < -0.3 is 18.9 Å². The summed E-state index contributed by atoms with van der Waals surface area (Å²) in [6, 6.07) is 12.0. The van der Waals surface area contributed by atoms with Crippen molar-refractivity contribution < 1.29 is 27.4 Å². The number of para-hydroxylation sites is 2. The number of likely N-dealkylation sites (N-methyl/N-ethyl adjacent to an activating group) is 1. The Labute approximate surface area is 165 Å². The van der Waals surface area contributed by atoms with Crippen molar-refractivity contribution in [2.45, 2.75) is 24.8 Å². The molecular formula is C20H25NO6S. The normalized spacial score (nSPS) is 16.1. The molecule has 1 atom stereocenters. The third kappa shape index (κ3) is 4.34. The van der Waals surface area contributed by atoms with Crippen molar-refractivity contribution in [3.05, 3.63) is 42.5 Å². The molecule has 0 fully saturated rings. The van der Waals surface area contributed by atoms with E-state index in [1.54, 1.807) is 12.1 Å². The average molecular weight is 407 g/mol. The Morgan fingerprint density at radius 1 is 1.04 bits per heavy atom. The first-order chi connectivity index (χ1) is 13.5. The highest BCUT2D eigenvalue weighted by atomic mass is 32.2. The molecule has 8 heteroatoms. The average Bonchev–Trinajstić information content (AvgIpc) is 2.69. The Morgan fingerprint density at radius 3 is 2.43 bits per heavy atom. The van der Waals surface area contributed by atoms with E-state index >= 15 is 0 Å². The summed E-state index contributed by atoms with van der Waals surface area (Å²) < 4.78 is 49.9. The van der Waals surface area contributed by atoms with Gasteiger partial charge in [0.15, 0.2) is 23.0 Å². The Balaban J connectivity index is 1.76. The van der Waals surface area contributed by atoms with Gasteiger partial charge >= 0.3 is 0 Å². The molecule has 0 aromatic heterocycles. The lowest BCUT2D eigenvalue weighted by molar-refractivity contribution is 0.0798. The fraction of sp³-hybridized carbons (Fsp3) is 0.400. The van der Waals surface area contributed by atoms with E-state index in [2.05, 4.69) is 0 Å². The Hall–Kier alpha value is -2.45. The lowest BCUT2D eigenvalue weighted by Crippen LogP contribution is -2.41. The molecule has 0 saturated carbocycles. The number of ether oxygens (including phenoxy) is 4.